The minimum atomic E-state index is -0.361. The number of aromatic amines is 1. The van der Waals surface area contributed by atoms with Crippen LogP contribution in [0.4, 0.5) is 0 Å². The van der Waals surface area contributed by atoms with Crippen LogP contribution in [0.5, 0.6) is 0 Å². The summed E-state index contributed by atoms with van der Waals surface area (Å²) in [6, 6.07) is 0. The highest BCUT2D eigenvalue weighted by Gasteiger charge is 2.33. The van der Waals surface area contributed by atoms with Gasteiger partial charge < -0.3 is 14.5 Å². The quantitative estimate of drug-likeness (QED) is 0.845. The SMILES string of the molecule is CCOC(=O)c1[nH]c(C)c([C@H](CC(=O)OC)C(C)(C)C)c1C. The van der Waals surface area contributed by atoms with Gasteiger partial charge in [0, 0.05) is 11.6 Å². The average molecular weight is 309 g/mol. The van der Waals surface area contributed by atoms with Gasteiger partial charge in [0.1, 0.15) is 5.69 Å². The summed E-state index contributed by atoms with van der Waals surface area (Å²) in [5.74, 6) is -0.655. The lowest BCUT2D eigenvalue weighted by molar-refractivity contribution is -0.141. The van der Waals surface area contributed by atoms with Crippen LogP contribution in [0.25, 0.3) is 0 Å². The number of hydrogen-bond donors (Lipinski definition) is 1. The molecule has 0 aromatic carbocycles. The number of H-pyrrole nitrogens is 1. The van der Waals surface area contributed by atoms with E-state index < -0.39 is 0 Å². The highest BCUT2D eigenvalue weighted by atomic mass is 16.5. The number of carbonyl (C=O) groups excluding carboxylic acids is 2. The molecule has 0 amide bonds. The smallest absolute Gasteiger partial charge is 0.355 e. The molecule has 1 aromatic heterocycles. The van der Waals surface area contributed by atoms with Gasteiger partial charge in [0.2, 0.25) is 0 Å². The first-order valence-electron chi connectivity index (χ1n) is 7.56. The Balaban J connectivity index is 3.31. The van der Waals surface area contributed by atoms with Crippen LogP contribution in [-0.2, 0) is 14.3 Å². The summed E-state index contributed by atoms with van der Waals surface area (Å²) in [7, 11) is 1.39. The van der Waals surface area contributed by atoms with Crippen LogP contribution in [-0.4, -0.2) is 30.6 Å². The van der Waals surface area contributed by atoms with Crippen molar-refractivity contribution in [2.24, 2.45) is 5.41 Å². The normalized spacial score (nSPS) is 12.9. The summed E-state index contributed by atoms with van der Waals surface area (Å²) in [5.41, 5.74) is 3.07. The third-order valence-corrected chi connectivity index (χ3v) is 3.97. The van der Waals surface area contributed by atoms with Crippen molar-refractivity contribution in [2.45, 2.75) is 53.9 Å². The van der Waals surface area contributed by atoms with Crippen LogP contribution < -0.4 is 0 Å². The summed E-state index contributed by atoms with van der Waals surface area (Å²) >= 11 is 0. The topological polar surface area (TPSA) is 68.4 Å². The Hall–Kier alpha value is -1.78. The van der Waals surface area contributed by atoms with Crippen LogP contribution >= 0.6 is 0 Å². The number of carbonyl (C=O) groups is 2. The third-order valence-electron chi connectivity index (χ3n) is 3.97. The monoisotopic (exact) mass is 309 g/mol. The molecule has 0 aliphatic carbocycles. The van der Waals surface area contributed by atoms with Crippen molar-refractivity contribution >= 4 is 11.9 Å². The van der Waals surface area contributed by atoms with Crippen LogP contribution in [0.2, 0.25) is 0 Å². The Labute approximate surface area is 132 Å². The Morgan fingerprint density at radius 2 is 1.82 bits per heavy atom. The highest BCUT2D eigenvalue weighted by Crippen LogP contribution is 2.41. The summed E-state index contributed by atoms with van der Waals surface area (Å²) in [4.78, 5) is 26.9. The first-order chi connectivity index (χ1) is 10.1. The molecular formula is C17H27NO4. The second-order valence-corrected chi connectivity index (χ2v) is 6.58. The van der Waals surface area contributed by atoms with E-state index in [0.29, 0.717) is 12.3 Å². The van der Waals surface area contributed by atoms with Crippen LogP contribution in [0.1, 0.15) is 67.3 Å². The molecule has 0 saturated carbocycles. The lowest BCUT2D eigenvalue weighted by Crippen LogP contribution is -2.23. The molecule has 124 valence electrons. The van der Waals surface area contributed by atoms with Crippen LogP contribution in [0.15, 0.2) is 0 Å². The number of rotatable bonds is 5. The number of aromatic nitrogens is 1. The van der Waals surface area contributed by atoms with Gasteiger partial charge in [-0.2, -0.15) is 0 Å². The zero-order valence-electron chi connectivity index (χ0n) is 14.6. The number of esters is 2. The van der Waals surface area contributed by atoms with Crippen molar-refractivity contribution in [1.82, 2.24) is 4.98 Å². The van der Waals surface area contributed by atoms with Gasteiger partial charge in [0.25, 0.3) is 0 Å². The van der Waals surface area contributed by atoms with E-state index in [1.807, 2.05) is 13.8 Å². The molecule has 1 aromatic rings. The molecule has 0 fully saturated rings. The van der Waals surface area contributed by atoms with E-state index in [4.69, 9.17) is 9.47 Å². The molecule has 0 aliphatic heterocycles. The van der Waals surface area contributed by atoms with Gasteiger partial charge in [-0.15, -0.1) is 0 Å². The van der Waals surface area contributed by atoms with Crippen molar-refractivity contribution in [2.75, 3.05) is 13.7 Å². The van der Waals surface area contributed by atoms with Gasteiger partial charge >= 0.3 is 11.9 Å². The molecule has 1 N–H and O–H groups in total. The number of methoxy groups -OCH3 is 1. The molecule has 0 bridgehead atoms. The van der Waals surface area contributed by atoms with Gasteiger partial charge in [-0.3, -0.25) is 4.79 Å². The van der Waals surface area contributed by atoms with Gasteiger partial charge in [0.05, 0.1) is 20.1 Å². The maximum Gasteiger partial charge on any atom is 0.355 e. The van der Waals surface area contributed by atoms with E-state index in [1.165, 1.54) is 7.11 Å². The predicted molar refractivity (Wildman–Crippen MR) is 85.1 cm³/mol. The average Bonchev–Trinajstić information content (AvgIpc) is 2.70. The maximum atomic E-state index is 12.0. The van der Waals surface area contributed by atoms with Crippen molar-refractivity contribution < 1.29 is 19.1 Å². The molecule has 22 heavy (non-hydrogen) atoms. The molecule has 0 radical (unpaired) electrons. The fraction of sp³-hybridized carbons (Fsp3) is 0.647. The predicted octanol–water partition coefficient (Wildman–Crippen LogP) is 3.50. The van der Waals surface area contributed by atoms with Gasteiger partial charge in [-0.05, 0) is 37.3 Å². The van der Waals surface area contributed by atoms with E-state index in [1.54, 1.807) is 6.92 Å². The van der Waals surface area contributed by atoms with Crippen LogP contribution in [0, 0.1) is 19.3 Å². The minimum Gasteiger partial charge on any atom is -0.469 e. The fourth-order valence-electron chi connectivity index (χ4n) is 2.79. The molecular weight excluding hydrogens is 282 g/mol. The van der Waals surface area contributed by atoms with E-state index in [9.17, 15) is 9.59 Å². The molecule has 1 atom stereocenters. The molecule has 5 heteroatoms. The van der Waals surface area contributed by atoms with E-state index in [-0.39, 0.29) is 29.7 Å². The molecule has 0 saturated heterocycles. The first-order valence-corrected chi connectivity index (χ1v) is 7.56. The number of nitrogens with one attached hydrogen (secondary N) is 1. The van der Waals surface area contributed by atoms with Crippen LogP contribution in [0.3, 0.4) is 0 Å². The Morgan fingerprint density at radius 3 is 2.27 bits per heavy atom. The van der Waals surface area contributed by atoms with Crippen molar-refractivity contribution in [3.8, 4) is 0 Å². The van der Waals surface area contributed by atoms with Crippen molar-refractivity contribution in [3.05, 3.63) is 22.5 Å². The molecule has 1 rings (SSSR count). The summed E-state index contributed by atoms with van der Waals surface area (Å²) in [6.45, 7) is 12.2. The van der Waals surface area contributed by atoms with Gasteiger partial charge in [-0.1, -0.05) is 20.8 Å². The minimum absolute atomic E-state index is 0.0422. The molecule has 0 aliphatic rings. The second kappa shape index (κ2) is 6.99. The number of ether oxygens (including phenoxy) is 2. The van der Waals surface area contributed by atoms with Gasteiger partial charge in [-0.25, -0.2) is 4.79 Å². The van der Waals surface area contributed by atoms with E-state index in [2.05, 4.69) is 25.8 Å². The largest absolute Gasteiger partial charge is 0.469 e. The Morgan fingerprint density at radius 1 is 1.23 bits per heavy atom. The Kier molecular flexibility index (Phi) is 5.80. The molecule has 5 nitrogen and oxygen atoms in total. The third kappa shape index (κ3) is 3.90. The number of aryl methyl sites for hydroxylation is 1. The van der Waals surface area contributed by atoms with Crippen molar-refractivity contribution in [1.29, 1.82) is 0 Å². The molecule has 1 heterocycles. The van der Waals surface area contributed by atoms with E-state index >= 15 is 0 Å². The van der Waals surface area contributed by atoms with Crippen molar-refractivity contribution in [3.63, 3.8) is 0 Å². The Bertz CT molecular complexity index is 552. The summed E-state index contributed by atoms with van der Waals surface area (Å²) < 4.78 is 9.91. The lowest BCUT2D eigenvalue weighted by atomic mass is 9.73. The second-order valence-electron chi connectivity index (χ2n) is 6.58. The number of hydrogen-bond acceptors (Lipinski definition) is 4. The molecule has 0 spiro atoms. The van der Waals surface area contributed by atoms with Gasteiger partial charge in [0.15, 0.2) is 0 Å². The fourth-order valence-corrected chi connectivity index (χ4v) is 2.79. The summed E-state index contributed by atoms with van der Waals surface area (Å²) in [5, 5.41) is 0. The highest BCUT2D eigenvalue weighted by molar-refractivity contribution is 5.90. The summed E-state index contributed by atoms with van der Waals surface area (Å²) in [6.07, 6.45) is 0.280. The van der Waals surface area contributed by atoms with E-state index in [0.717, 1.165) is 16.8 Å². The standard InChI is InChI=1S/C17H27NO4/c1-8-22-16(20)15-10(2)14(11(3)18-15)12(17(4,5)6)9-13(19)21-7/h12,18H,8-9H2,1-7H3/t12-/m0/s1. The zero-order valence-corrected chi connectivity index (χ0v) is 14.6. The first kappa shape index (κ1) is 18.3. The zero-order chi connectivity index (χ0) is 17.1. The maximum absolute atomic E-state index is 12.0. The molecule has 0 unspecified atom stereocenters. The lowest BCUT2D eigenvalue weighted by Gasteiger charge is -2.31.